The molecule has 0 heteroatoms. The van der Waals surface area contributed by atoms with Crippen molar-refractivity contribution < 1.29 is 0 Å². The average molecular weight is 215 g/mol. The number of benzene rings is 3. The first-order chi connectivity index (χ1) is 8.43. The van der Waals surface area contributed by atoms with Crippen LogP contribution in [0.15, 0.2) is 54.6 Å². The highest BCUT2D eigenvalue weighted by atomic mass is 14.2. The lowest BCUT2D eigenvalue weighted by molar-refractivity contribution is 1.27. The van der Waals surface area contributed by atoms with Crippen molar-refractivity contribution in [1.82, 2.24) is 0 Å². The monoisotopic (exact) mass is 215 g/mol. The smallest absolute Gasteiger partial charge is 0.00130 e. The molecule has 0 saturated carbocycles. The molecule has 0 nitrogen and oxygen atoms in total. The highest BCUT2D eigenvalue weighted by Gasteiger charge is 2.19. The van der Waals surface area contributed by atoms with E-state index in [0.717, 1.165) is 6.42 Å². The predicted molar refractivity (Wildman–Crippen MR) is 71.0 cm³/mol. The van der Waals surface area contributed by atoms with Gasteiger partial charge in [-0.2, -0.15) is 0 Å². The van der Waals surface area contributed by atoms with Gasteiger partial charge in [-0.15, -0.1) is 0 Å². The molecule has 0 fully saturated rings. The SMILES string of the molecule is [c]1cc2c(c3ccccc13)-c1ccccc1C2. The third-order valence-corrected chi connectivity index (χ3v) is 3.59. The van der Waals surface area contributed by atoms with Crippen LogP contribution in [0.1, 0.15) is 11.1 Å². The summed E-state index contributed by atoms with van der Waals surface area (Å²) in [6.07, 6.45) is 1.05. The molecule has 4 rings (SSSR count). The maximum Gasteiger partial charge on any atom is -0.00130 e. The molecule has 1 radical (unpaired) electrons. The van der Waals surface area contributed by atoms with Crippen LogP contribution in [0, 0.1) is 6.07 Å². The van der Waals surface area contributed by atoms with Crippen LogP contribution >= 0.6 is 0 Å². The van der Waals surface area contributed by atoms with E-state index in [-0.39, 0.29) is 0 Å². The maximum absolute atomic E-state index is 3.39. The van der Waals surface area contributed by atoms with Gasteiger partial charge < -0.3 is 0 Å². The highest BCUT2D eigenvalue weighted by Crippen LogP contribution is 2.40. The zero-order valence-corrected chi connectivity index (χ0v) is 9.40. The first-order valence-electron chi connectivity index (χ1n) is 5.94. The Labute approximate surface area is 101 Å². The van der Waals surface area contributed by atoms with E-state index in [2.05, 4.69) is 60.7 Å². The Hall–Kier alpha value is -2.08. The third-order valence-electron chi connectivity index (χ3n) is 3.59. The van der Waals surface area contributed by atoms with Crippen LogP contribution < -0.4 is 0 Å². The van der Waals surface area contributed by atoms with E-state index in [4.69, 9.17) is 0 Å². The summed E-state index contributed by atoms with van der Waals surface area (Å²) >= 11 is 0. The molecule has 0 heterocycles. The Kier molecular flexibility index (Phi) is 1.70. The van der Waals surface area contributed by atoms with Gasteiger partial charge in [0.05, 0.1) is 0 Å². The Morgan fingerprint density at radius 1 is 0.824 bits per heavy atom. The average Bonchev–Trinajstić information content (AvgIpc) is 2.77. The standard InChI is InChI=1S/C17H11/c1-3-7-15-12(5-1)9-10-14-11-13-6-2-4-8-16(13)17(14)15/h1-8,10H,11H2. The molecule has 0 N–H and O–H groups in total. The first-order valence-corrected chi connectivity index (χ1v) is 5.94. The highest BCUT2D eigenvalue weighted by molar-refractivity contribution is 6.00. The van der Waals surface area contributed by atoms with Crippen LogP contribution in [0.2, 0.25) is 0 Å². The van der Waals surface area contributed by atoms with Gasteiger partial charge in [-0.3, -0.25) is 0 Å². The van der Waals surface area contributed by atoms with Gasteiger partial charge in [0.25, 0.3) is 0 Å². The van der Waals surface area contributed by atoms with Crippen molar-refractivity contribution in [1.29, 1.82) is 0 Å². The number of fused-ring (bicyclic) bond motifs is 5. The van der Waals surface area contributed by atoms with Gasteiger partial charge in [-0.1, -0.05) is 48.5 Å². The van der Waals surface area contributed by atoms with Gasteiger partial charge in [0.1, 0.15) is 0 Å². The molecule has 0 bridgehead atoms. The summed E-state index contributed by atoms with van der Waals surface area (Å²) in [4.78, 5) is 0. The number of hydrogen-bond donors (Lipinski definition) is 0. The minimum atomic E-state index is 1.05. The fourth-order valence-corrected chi connectivity index (χ4v) is 2.82. The molecule has 3 aromatic rings. The lowest BCUT2D eigenvalue weighted by Gasteiger charge is -2.05. The van der Waals surface area contributed by atoms with Crippen LogP contribution in [0.25, 0.3) is 21.9 Å². The molecule has 0 unspecified atom stereocenters. The van der Waals surface area contributed by atoms with E-state index in [1.54, 1.807) is 0 Å². The van der Waals surface area contributed by atoms with E-state index in [1.807, 2.05) is 0 Å². The Balaban J connectivity index is 2.17. The van der Waals surface area contributed by atoms with Crippen molar-refractivity contribution in [3.05, 3.63) is 71.8 Å². The van der Waals surface area contributed by atoms with E-state index >= 15 is 0 Å². The summed E-state index contributed by atoms with van der Waals surface area (Å²) in [6, 6.07) is 22.8. The maximum atomic E-state index is 3.39. The minimum absolute atomic E-state index is 1.05. The largest absolute Gasteiger partial charge is 0.0619 e. The van der Waals surface area contributed by atoms with Gasteiger partial charge in [-0.05, 0) is 51.6 Å². The fraction of sp³-hybridized carbons (Fsp3) is 0.0588. The van der Waals surface area contributed by atoms with Gasteiger partial charge in [0.2, 0.25) is 0 Å². The second-order valence-electron chi connectivity index (χ2n) is 4.57. The van der Waals surface area contributed by atoms with Crippen LogP contribution in [0.5, 0.6) is 0 Å². The van der Waals surface area contributed by atoms with Gasteiger partial charge in [0.15, 0.2) is 0 Å². The van der Waals surface area contributed by atoms with Crippen molar-refractivity contribution in [3.8, 4) is 11.1 Å². The third kappa shape index (κ3) is 1.18. The summed E-state index contributed by atoms with van der Waals surface area (Å²) in [5, 5.41) is 2.54. The van der Waals surface area contributed by atoms with E-state index < -0.39 is 0 Å². The van der Waals surface area contributed by atoms with E-state index in [0.29, 0.717) is 0 Å². The Bertz CT molecular complexity index is 723. The second kappa shape index (κ2) is 3.21. The van der Waals surface area contributed by atoms with Gasteiger partial charge >= 0.3 is 0 Å². The molecular weight excluding hydrogens is 204 g/mol. The molecule has 1 aliphatic carbocycles. The van der Waals surface area contributed by atoms with E-state index in [1.165, 1.54) is 33.0 Å². The normalized spacial score (nSPS) is 12.5. The molecular formula is C17H11. The van der Waals surface area contributed by atoms with Gasteiger partial charge in [0, 0.05) is 0 Å². The van der Waals surface area contributed by atoms with Gasteiger partial charge in [-0.25, -0.2) is 0 Å². The zero-order chi connectivity index (χ0) is 11.2. The summed E-state index contributed by atoms with van der Waals surface area (Å²) in [5.41, 5.74) is 5.65. The lowest BCUT2D eigenvalue weighted by Crippen LogP contribution is -1.82. The molecule has 0 aliphatic heterocycles. The molecule has 0 saturated heterocycles. The lowest BCUT2D eigenvalue weighted by atomic mass is 9.98. The summed E-state index contributed by atoms with van der Waals surface area (Å²) in [5.74, 6) is 0. The molecule has 79 valence electrons. The first kappa shape index (κ1) is 9.00. The van der Waals surface area contributed by atoms with Crippen LogP contribution in [0.4, 0.5) is 0 Å². The number of hydrogen-bond acceptors (Lipinski definition) is 0. The number of rotatable bonds is 0. The predicted octanol–water partition coefficient (Wildman–Crippen LogP) is 4.21. The summed E-state index contributed by atoms with van der Waals surface area (Å²) in [7, 11) is 0. The molecule has 1 aliphatic rings. The van der Waals surface area contributed by atoms with E-state index in [9.17, 15) is 0 Å². The van der Waals surface area contributed by atoms with Crippen LogP contribution in [-0.2, 0) is 6.42 Å². The van der Waals surface area contributed by atoms with Crippen molar-refractivity contribution in [2.24, 2.45) is 0 Å². The fourth-order valence-electron chi connectivity index (χ4n) is 2.82. The van der Waals surface area contributed by atoms with Crippen molar-refractivity contribution >= 4 is 10.8 Å². The van der Waals surface area contributed by atoms with Crippen molar-refractivity contribution in [3.63, 3.8) is 0 Å². The second-order valence-corrected chi connectivity index (χ2v) is 4.57. The Morgan fingerprint density at radius 3 is 2.65 bits per heavy atom. The summed E-state index contributed by atoms with van der Waals surface area (Å²) in [6.45, 7) is 0. The zero-order valence-electron chi connectivity index (χ0n) is 9.40. The van der Waals surface area contributed by atoms with Crippen molar-refractivity contribution in [2.45, 2.75) is 6.42 Å². The molecule has 0 atom stereocenters. The van der Waals surface area contributed by atoms with Crippen molar-refractivity contribution in [2.75, 3.05) is 0 Å². The summed E-state index contributed by atoms with van der Waals surface area (Å²) < 4.78 is 0. The molecule has 3 aromatic carbocycles. The molecule has 0 spiro atoms. The molecule has 17 heavy (non-hydrogen) atoms. The molecule has 0 amide bonds. The van der Waals surface area contributed by atoms with Crippen LogP contribution in [-0.4, -0.2) is 0 Å². The topological polar surface area (TPSA) is 0 Å². The Morgan fingerprint density at radius 2 is 1.65 bits per heavy atom. The quantitative estimate of drug-likeness (QED) is 0.412. The minimum Gasteiger partial charge on any atom is -0.0619 e. The van der Waals surface area contributed by atoms with Crippen LogP contribution in [0.3, 0.4) is 0 Å². The molecule has 0 aromatic heterocycles.